The molecule has 2 amide bonds. The van der Waals surface area contributed by atoms with Gasteiger partial charge in [0.15, 0.2) is 0 Å². The van der Waals surface area contributed by atoms with Crippen LogP contribution in [-0.4, -0.2) is 31.4 Å². The molecule has 8 heteroatoms. The number of pyridine rings is 1. The smallest absolute Gasteiger partial charge is 0.276 e. The number of imide groups is 1. The number of amides is 2. The van der Waals surface area contributed by atoms with Crippen molar-refractivity contribution in [3.8, 4) is 11.8 Å². The van der Waals surface area contributed by atoms with E-state index in [1.165, 1.54) is 0 Å². The summed E-state index contributed by atoms with van der Waals surface area (Å²) in [6, 6.07) is 19.9. The number of fused-ring (bicyclic) bond motifs is 1. The average Bonchev–Trinajstić information content (AvgIpc) is 3.44. The van der Waals surface area contributed by atoms with Gasteiger partial charge in [0.25, 0.3) is 11.8 Å². The third kappa shape index (κ3) is 5.18. The van der Waals surface area contributed by atoms with Gasteiger partial charge in [-0.15, -0.1) is 0 Å². The summed E-state index contributed by atoms with van der Waals surface area (Å²) < 4.78 is 1.79. The fourth-order valence-electron chi connectivity index (χ4n) is 4.04. The largest absolute Gasteiger partial charge is 0.333 e. The van der Waals surface area contributed by atoms with Crippen LogP contribution in [0.5, 0.6) is 0 Å². The Hall–Kier alpha value is -4.77. The average molecular weight is 520 g/mol. The molecule has 5 rings (SSSR count). The first-order valence-corrected chi connectivity index (χ1v) is 12.1. The molecule has 38 heavy (non-hydrogen) atoms. The Labute approximate surface area is 224 Å². The molecule has 7 nitrogen and oxygen atoms in total. The van der Waals surface area contributed by atoms with Crippen molar-refractivity contribution in [1.29, 1.82) is 0 Å². The predicted molar refractivity (Wildman–Crippen MR) is 146 cm³/mol. The van der Waals surface area contributed by atoms with Crippen molar-refractivity contribution >= 4 is 34.3 Å². The van der Waals surface area contributed by atoms with Crippen LogP contribution in [0.1, 0.15) is 43.0 Å². The summed E-state index contributed by atoms with van der Waals surface area (Å²) in [5.41, 5.74) is 4.17. The second-order valence-corrected chi connectivity index (χ2v) is 9.09. The van der Waals surface area contributed by atoms with Gasteiger partial charge < -0.3 is 4.57 Å². The second kappa shape index (κ2) is 10.7. The maximum Gasteiger partial charge on any atom is 0.276 e. The van der Waals surface area contributed by atoms with Crippen molar-refractivity contribution in [2.45, 2.75) is 13.5 Å². The highest BCUT2D eigenvalue weighted by Crippen LogP contribution is 2.23. The molecule has 0 bridgehead atoms. The first-order valence-electron chi connectivity index (χ1n) is 11.7. The number of aryl methyl sites for hydroxylation is 1. The molecule has 0 aliphatic rings. The van der Waals surface area contributed by atoms with Crippen molar-refractivity contribution in [1.82, 2.24) is 19.5 Å². The SMILES string of the molecule is Cc1ccc(C(=O)N(N)C(=O)c2c(Cl)cccc2Cn2ccnc2)cc1C#Cc1cnc2ccccc2c1. The zero-order valence-electron chi connectivity index (χ0n) is 20.4. The molecule has 0 unspecified atom stereocenters. The summed E-state index contributed by atoms with van der Waals surface area (Å²) in [7, 11) is 0. The van der Waals surface area contributed by atoms with Gasteiger partial charge in [0.05, 0.1) is 22.4 Å². The molecule has 0 aliphatic carbocycles. The first kappa shape index (κ1) is 24.9. The first-order chi connectivity index (χ1) is 18.4. The highest BCUT2D eigenvalue weighted by atomic mass is 35.5. The summed E-state index contributed by atoms with van der Waals surface area (Å²) >= 11 is 6.38. The van der Waals surface area contributed by atoms with Gasteiger partial charge in [0, 0.05) is 47.2 Å². The van der Waals surface area contributed by atoms with Crippen LogP contribution in [0.2, 0.25) is 5.02 Å². The summed E-state index contributed by atoms with van der Waals surface area (Å²) in [4.78, 5) is 35.0. The molecule has 186 valence electrons. The fraction of sp³-hybridized carbons (Fsp3) is 0.0667. The molecule has 0 spiro atoms. The number of benzene rings is 3. The van der Waals surface area contributed by atoms with E-state index in [0.717, 1.165) is 22.0 Å². The maximum atomic E-state index is 13.3. The van der Waals surface area contributed by atoms with E-state index in [1.807, 2.05) is 37.3 Å². The molecule has 2 aromatic heterocycles. The Bertz CT molecular complexity index is 1740. The Morgan fingerprint density at radius 3 is 2.68 bits per heavy atom. The van der Waals surface area contributed by atoms with Crippen molar-refractivity contribution in [3.05, 3.63) is 130 Å². The monoisotopic (exact) mass is 519 g/mol. The van der Waals surface area contributed by atoms with E-state index in [2.05, 4.69) is 21.8 Å². The third-order valence-corrected chi connectivity index (χ3v) is 6.39. The third-order valence-electron chi connectivity index (χ3n) is 6.08. The van der Waals surface area contributed by atoms with Gasteiger partial charge in [-0.05, 0) is 48.4 Å². The number of hydrazine groups is 1. The Balaban J connectivity index is 1.41. The Morgan fingerprint density at radius 2 is 1.87 bits per heavy atom. The highest BCUT2D eigenvalue weighted by molar-refractivity contribution is 6.34. The number of rotatable bonds is 4. The number of hydrogen-bond donors (Lipinski definition) is 1. The number of carbonyl (C=O) groups is 2. The Kier molecular flexibility index (Phi) is 7.00. The molecular weight excluding hydrogens is 498 g/mol. The van der Waals surface area contributed by atoms with Gasteiger partial charge in [-0.3, -0.25) is 14.6 Å². The van der Waals surface area contributed by atoms with Crippen LogP contribution in [-0.2, 0) is 6.54 Å². The zero-order valence-corrected chi connectivity index (χ0v) is 21.2. The van der Waals surface area contributed by atoms with Crippen LogP contribution in [0.15, 0.2) is 91.6 Å². The number of nitrogens with zero attached hydrogens (tertiary/aromatic N) is 4. The summed E-state index contributed by atoms with van der Waals surface area (Å²) in [6.45, 7) is 2.24. The van der Waals surface area contributed by atoms with Crippen LogP contribution >= 0.6 is 11.6 Å². The van der Waals surface area contributed by atoms with Crippen molar-refractivity contribution in [3.63, 3.8) is 0 Å². The summed E-state index contributed by atoms with van der Waals surface area (Å²) in [6.07, 6.45) is 6.75. The highest BCUT2D eigenvalue weighted by Gasteiger charge is 2.26. The van der Waals surface area contributed by atoms with Gasteiger partial charge in [-0.1, -0.05) is 59.8 Å². The summed E-state index contributed by atoms with van der Waals surface area (Å²) in [5.74, 6) is 10.9. The van der Waals surface area contributed by atoms with E-state index in [-0.39, 0.29) is 16.1 Å². The minimum Gasteiger partial charge on any atom is -0.333 e. The molecule has 0 atom stereocenters. The van der Waals surface area contributed by atoms with Crippen molar-refractivity contribution in [2.24, 2.45) is 5.84 Å². The van der Waals surface area contributed by atoms with E-state index in [4.69, 9.17) is 17.4 Å². The molecule has 3 aromatic carbocycles. The van der Waals surface area contributed by atoms with Crippen LogP contribution in [0, 0.1) is 18.8 Å². The number of para-hydroxylation sites is 1. The van der Waals surface area contributed by atoms with Crippen LogP contribution in [0.4, 0.5) is 0 Å². The lowest BCUT2D eigenvalue weighted by molar-refractivity contribution is 0.0615. The predicted octanol–water partition coefficient (Wildman–Crippen LogP) is 5.00. The van der Waals surface area contributed by atoms with Gasteiger partial charge in [-0.25, -0.2) is 15.8 Å². The molecule has 2 N–H and O–H groups in total. The Morgan fingerprint density at radius 1 is 1.03 bits per heavy atom. The standard InChI is InChI=1S/C30H22ClN5O2/c1-20-9-11-24(16-22(20)12-10-21-15-23-5-2-3-8-27(23)34-17-21)29(37)36(32)30(38)28-25(6-4-7-26(28)31)18-35-14-13-33-19-35/h2-9,11,13-17,19H,18,32H2,1H3. The molecule has 0 saturated carbocycles. The van der Waals surface area contributed by atoms with Crippen molar-refractivity contribution in [2.75, 3.05) is 0 Å². The number of hydrogen-bond acceptors (Lipinski definition) is 5. The van der Waals surface area contributed by atoms with Crippen LogP contribution < -0.4 is 5.84 Å². The van der Waals surface area contributed by atoms with E-state index in [0.29, 0.717) is 22.7 Å². The maximum absolute atomic E-state index is 13.3. The normalized spacial score (nSPS) is 10.6. The number of carbonyl (C=O) groups excluding carboxylic acids is 2. The summed E-state index contributed by atoms with van der Waals surface area (Å²) in [5, 5.41) is 1.79. The zero-order chi connectivity index (χ0) is 26.6. The minimum absolute atomic E-state index is 0.162. The van der Waals surface area contributed by atoms with E-state index < -0.39 is 11.8 Å². The van der Waals surface area contributed by atoms with Gasteiger partial charge in [-0.2, -0.15) is 0 Å². The molecular formula is C30H22ClN5O2. The molecule has 0 radical (unpaired) electrons. The van der Waals surface area contributed by atoms with E-state index in [1.54, 1.807) is 65.9 Å². The molecule has 5 aromatic rings. The lowest BCUT2D eigenvalue weighted by Gasteiger charge is -2.18. The molecule has 0 aliphatic heterocycles. The second-order valence-electron chi connectivity index (χ2n) is 8.69. The quantitative estimate of drug-likeness (QED) is 0.119. The van der Waals surface area contributed by atoms with Gasteiger partial charge in [0.1, 0.15) is 0 Å². The van der Waals surface area contributed by atoms with E-state index in [9.17, 15) is 9.59 Å². The van der Waals surface area contributed by atoms with E-state index >= 15 is 0 Å². The minimum atomic E-state index is -0.703. The lowest BCUT2D eigenvalue weighted by Crippen LogP contribution is -2.43. The van der Waals surface area contributed by atoms with Crippen LogP contribution in [0.25, 0.3) is 10.9 Å². The number of nitrogens with two attached hydrogens (primary N) is 1. The number of halogens is 1. The lowest BCUT2D eigenvalue weighted by atomic mass is 10.0. The molecule has 2 heterocycles. The number of imidazole rings is 1. The molecule has 0 saturated heterocycles. The molecule has 0 fully saturated rings. The van der Waals surface area contributed by atoms with Crippen molar-refractivity contribution < 1.29 is 9.59 Å². The fourth-order valence-corrected chi connectivity index (χ4v) is 4.31. The number of aromatic nitrogens is 3. The van der Waals surface area contributed by atoms with Crippen LogP contribution in [0.3, 0.4) is 0 Å². The topological polar surface area (TPSA) is 94.1 Å². The van der Waals surface area contributed by atoms with Gasteiger partial charge >= 0.3 is 0 Å². The van der Waals surface area contributed by atoms with Gasteiger partial charge in [0.2, 0.25) is 0 Å².